The second-order valence-electron chi connectivity index (χ2n) is 2.15. The number of hydrogen-bond donors (Lipinski definition) is 1. The van der Waals surface area contributed by atoms with Crippen LogP contribution >= 0.6 is 27.5 Å². The fraction of sp³-hybridized carbons (Fsp3) is 0.143. The lowest BCUT2D eigenvalue weighted by Gasteiger charge is -1.98. The zero-order valence-corrected chi connectivity index (χ0v) is 8.26. The number of hydrogen-bond acceptors (Lipinski definition) is 2. The molecule has 0 spiro atoms. The van der Waals surface area contributed by atoms with Crippen LogP contribution in [0.3, 0.4) is 0 Å². The van der Waals surface area contributed by atoms with E-state index in [-0.39, 0.29) is 6.42 Å². The van der Waals surface area contributed by atoms with Crippen molar-refractivity contribution in [3.05, 3.63) is 27.5 Å². The molecule has 1 aromatic rings. The molecule has 0 fully saturated rings. The monoisotopic (exact) mass is 249 g/mol. The molecular formula is C7H5BrClNO2. The number of halogens is 2. The summed E-state index contributed by atoms with van der Waals surface area (Å²) in [5.74, 6) is -0.906. The SMILES string of the molecule is O=C(O)Cc1ccc(Cl)c(Br)n1. The van der Waals surface area contributed by atoms with Crippen molar-refractivity contribution in [1.29, 1.82) is 0 Å². The normalized spacial score (nSPS) is 9.83. The molecule has 1 N–H and O–H groups in total. The number of aromatic nitrogens is 1. The van der Waals surface area contributed by atoms with Crippen LogP contribution < -0.4 is 0 Å². The van der Waals surface area contributed by atoms with Crippen LogP contribution in [0.5, 0.6) is 0 Å². The van der Waals surface area contributed by atoms with Crippen LogP contribution in [0.15, 0.2) is 16.7 Å². The first-order valence-electron chi connectivity index (χ1n) is 3.12. The maximum absolute atomic E-state index is 10.3. The van der Waals surface area contributed by atoms with Crippen molar-refractivity contribution >= 4 is 33.5 Å². The van der Waals surface area contributed by atoms with Crippen LogP contribution in [0.25, 0.3) is 0 Å². The number of rotatable bonds is 2. The van der Waals surface area contributed by atoms with E-state index in [9.17, 15) is 4.79 Å². The Morgan fingerprint density at radius 2 is 2.33 bits per heavy atom. The molecule has 0 saturated carbocycles. The lowest BCUT2D eigenvalue weighted by Crippen LogP contribution is -2.02. The van der Waals surface area contributed by atoms with E-state index < -0.39 is 5.97 Å². The van der Waals surface area contributed by atoms with E-state index >= 15 is 0 Å². The highest BCUT2D eigenvalue weighted by atomic mass is 79.9. The summed E-state index contributed by atoms with van der Waals surface area (Å²) < 4.78 is 0.475. The predicted molar refractivity (Wildman–Crippen MR) is 48.3 cm³/mol. The van der Waals surface area contributed by atoms with Crippen LogP contribution in [-0.2, 0) is 11.2 Å². The molecular weight excluding hydrogens is 245 g/mol. The third-order valence-electron chi connectivity index (χ3n) is 1.19. The van der Waals surface area contributed by atoms with E-state index in [1.54, 1.807) is 12.1 Å². The Labute approximate surface area is 82.5 Å². The van der Waals surface area contributed by atoms with Gasteiger partial charge in [0.15, 0.2) is 0 Å². The summed E-state index contributed by atoms with van der Waals surface area (Å²) in [4.78, 5) is 14.2. The Morgan fingerprint density at radius 3 is 2.83 bits per heavy atom. The molecule has 0 amide bonds. The van der Waals surface area contributed by atoms with Gasteiger partial charge in [0.2, 0.25) is 0 Å². The van der Waals surface area contributed by atoms with E-state index in [1.807, 2.05) is 0 Å². The fourth-order valence-corrected chi connectivity index (χ4v) is 1.17. The van der Waals surface area contributed by atoms with Crippen LogP contribution in [0.4, 0.5) is 0 Å². The first-order chi connectivity index (χ1) is 5.59. The Morgan fingerprint density at radius 1 is 1.67 bits per heavy atom. The third-order valence-corrected chi connectivity index (χ3v) is 2.33. The summed E-state index contributed by atoms with van der Waals surface area (Å²) in [6, 6.07) is 3.19. The van der Waals surface area contributed by atoms with Crippen LogP contribution in [0.2, 0.25) is 5.02 Å². The molecule has 0 aliphatic carbocycles. The standard InChI is InChI=1S/C7H5BrClNO2/c8-7-5(9)2-1-4(10-7)3-6(11)12/h1-2H,3H2,(H,11,12). The summed E-state index contributed by atoms with van der Waals surface area (Å²) in [5.41, 5.74) is 0.485. The van der Waals surface area contributed by atoms with Gasteiger partial charge in [0.25, 0.3) is 0 Å². The smallest absolute Gasteiger partial charge is 0.309 e. The van der Waals surface area contributed by atoms with Crippen molar-refractivity contribution in [1.82, 2.24) is 4.98 Å². The quantitative estimate of drug-likeness (QED) is 0.818. The second kappa shape index (κ2) is 3.87. The average molecular weight is 250 g/mol. The molecule has 0 atom stereocenters. The molecule has 12 heavy (non-hydrogen) atoms. The predicted octanol–water partition coefficient (Wildman–Crippen LogP) is 2.12. The Kier molecular flexibility index (Phi) is 3.05. The van der Waals surface area contributed by atoms with Gasteiger partial charge in [0.1, 0.15) is 4.60 Å². The molecule has 0 saturated heterocycles. The highest BCUT2D eigenvalue weighted by Crippen LogP contribution is 2.19. The van der Waals surface area contributed by atoms with E-state index in [0.29, 0.717) is 15.3 Å². The van der Waals surface area contributed by atoms with Crippen molar-refractivity contribution in [3.63, 3.8) is 0 Å². The third kappa shape index (κ3) is 2.46. The van der Waals surface area contributed by atoms with Gasteiger partial charge in [-0.1, -0.05) is 11.6 Å². The van der Waals surface area contributed by atoms with Crippen LogP contribution in [0.1, 0.15) is 5.69 Å². The molecule has 1 rings (SSSR count). The minimum absolute atomic E-state index is 0.0875. The molecule has 0 radical (unpaired) electrons. The van der Waals surface area contributed by atoms with Gasteiger partial charge in [0, 0.05) is 0 Å². The van der Waals surface area contributed by atoms with Gasteiger partial charge in [-0.2, -0.15) is 0 Å². The number of pyridine rings is 1. The van der Waals surface area contributed by atoms with Gasteiger partial charge in [-0.25, -0.2) is 4.98 Å². The molecule has 3 nitrogen and oxygen atoms in total. The molecule has 64 valence electrons. The molecule has 0 aromatic carbocycles. The summed E-state index contributed by atoms with van der Waals surface area (Å²) in [5, 5.41) is 8.91. The zero-order valence-electron chi connectivity index (χ0n) is 5.92. The Hall–Kier alpha value is -0.610. The highest BCUT2D eigenvalue weighted by Gasteiger charge is 2.04. The molecule has 5 heteroatoms. The molecule has 0 aliphatic heterocycles. The van der Waals surface area contributed by atoms with Gasteiger partial charge >= 0.3 is 5.97 Å². The molecule has 1 aromatic heterocycles. The van der Waals surface area contributed by atoms with Crippen molar-refractivity contribution in [2.24, 2.45) is 0 Å². The van der Waals surface area contributed by atoms with E-state index in [2.05, 4.69) is 20.9 Å². The van der Waals surface area contributed by atoms with Crippen molar-refractivity contribution < 1.29 is 9.90 Å². The minimum Gasteiger partial charge on any atom is -0.481 e. The van der Waals surface area contributed by atoms with Crippen LogP contribution in [-0.4, -0.2) is 16.1 Å². The van der Waals surface area contributed by atoms with Crippen LogP contribution in [0, 0.1) is 0 Å². The fourth-order valence-electron chi connectivity index (χ4n) is 0.708. The van der Waals surface area contributed by atoms with Crippen molar-refractivity contribution in [2.45, 2.75) is 6.42 Å². The zero-order chi connectivity index (χ0) is 9.14. The van der Waals surface area contributed by atoms with E-state index in [0.717, 1.165) is 0 Å². The minimum atomic E-state index is -0.906. The molecule has 0 aliphatic rings. The summed E-state index contributed by atoms with van der Waals surface area (Å²) in [7, 11) is 0. The number of nitrogens with zero attached hydrogens (tertiary/aromatic N) is 1. The summed E-state index contributed by atoms with van der Waals surface area (Å²) in [6.45, 7) is 0. The summed E-state index contributed by atoms with van der Waals surface area (Å²) in [6.07, 6.45) is -0.0875. The van der Waals surface area contributed by atoms with Gasteiger partial charge in [-0.15, -0.1) is 0 Å². The Balaban J connectivity index is 2.89. The molecule has 0 unspecified atom stereocenters. The number of carboxylic acids is 1. The number of aliphatic carboxylic acids is 1. The molecule has 0 bridgehead atoms. The lowest BCUT2D eigenvalue weighted by atomic mass is 10.3. The topological polar surface area (TPSA) is 50.2 Å². The summed E-state index contributed by atoms with van der Waals surface area (Å²) >= 11 is 8.76. The highest BCUT2D eigenvalue weighted by molar-refractivity contribution is 9.10. The first-order valence-corrected chi connectivity index (χ1v) is 4.29. The first kappa shape index (κ1) is 9.48. The number of carbonyl (C=O) groups is 1. The molecule has 1 heterocycles. The van der Waals surface area contributed by atoms with Crippen molar-refractivity contribution in [3.8, 4) is 0 Å². The van der Waals surface area contributed by atoms with E-state index in [4.69, 9.17) is 16.7 Å². The van der Waals surface area contributed by atoms with Gasteiger partial charge in [0.05, 0.1) is 17.1 Å². The Bertz CT molecular complexity index is 316. The maximum Gasteiger partial charge on any atom is 0.309 e. The largest absolute Gasteiger partial charge is 0.481 e. The number of carboxylic acid groups (broad SMARTS) is 1. The van der Waals surface area contributed by atoms with E-state index in [1.165, 1.54) is 0 Å². The second-order valence-corrected chi connectivity index (χ2v) is 3.30. The van der Waals surface area contributed by atoms with Gasteiger partial charge < -0.3 is 5.11 Å². The van der Waals surface area contributed by atoms with Gasteiger partial charge in [-0.3, -0.25) is 4.79 Å². The van der Waals surface area contributed by atoms with Crippen molar-refractivity contribution in [2.75, 3.05) is 0 Å². The van der Waals surface area contributed by atoms with Gasteiger partial charge in [-0.05, 0) is 28.1 Å². The maximum atomic E-state index is 10.3. The average Bonchev–Trinajstić information content (AvgIpc) is 1.96. The lowest BCUT2D eigenvalue weighted by molar-refractivity contribution is -0.136.